The molecule has 27 heavy (non-hydrogen) atoms. The molecule has 6 nitrogen and oxygen atoms in total. The van der Waals surface area contributed by atoms with Gasteiger partial charge in [0.05, 0.1) is 11.0 Å². The smallest absolute Gasteiger partial charge is 0.292 e. The largest absolute Gasteiger partial charge is 0.366 e. The third-order valence-corrected chi connectivity index (χ3v) is 5.30. The van der Waals surface area contributed by atoms with Crippen LogP contribution >= 0.6 is 0 Å². The van der Waals surface area contributed by atoms with Crippen LogP contribution < -0.4 is 10.2 Å². The molecule has 3 rings (SSSR count). The summed E-state index contributed by atoms with van der Waals surface area (Å²) in [5.41, 5.74) is 3.04. The van der Waals surface area contributed by atoms with E-state index in [1.165, 1.54) is 6.07 Å². The zero-order valence-electron chi connectivity index (χ0n) is 15.7. The first-order chi connectivity index (χ1) is 13.0. The van der Waals surface area contributed by atoms with Gasteiger partial charge in [0.25, 0.3) is 5.69 Å². The van der Waals surface area contributed by atoms with E-state index in [9.17, 15) is 14.9 Å². The van der Waals surface area contributed by atoms with Crippen LogP contribution in [0.5, 0.6) is 0 Å². The highest BCUT2D eigenvalue weighted by molar-refractivity contribution is 5.79. The van der Waals surface area contributed by atoms with Crippen molar-refractivity contribution in [2.75, 3.05) is 18.0 Å². The lowest BCUT2D eigenvalue weighted by Crippen LogP contribution is -2.41. The van der Waals surface area contributed by atoms with Gasteiger partial charge in [0.1, 0.15) is 5.69 Å². The Morgan fingerprint density at radius 2 is 1.78 bits per heavy atom. The number of hydrogen-bond donors (Lipinski definition) is 1. The zero-order valence-corrected chi connectivity index (χ0v) is 15.7. The monoisotopic (exact) mass is 367 g/mol. The van der Waals surface area contributed by atoms with E-state index in [2.05, 4.69) is 5.32 Å². The van der Waals surface area contributed by atoms with E-state index in [0.29, 0.717) is 31.6 Å². The Bertz CT molecular complexity index is 829. The molecule has 1 unspecified atom stereocenters. The second kappa shape index (κ2) is 8.20. The number of carbonyl (C=O) groups excluding carboxylic acids is 1. The number of nitro groups is 1. The van der Waals surface area contributed by atoms with Crippen molar-refractivity contribution in [2.24, 2.45) is 5.92 Å². The molecule has 1 saturated heterocycles. The predicted molar refractivity (Wildman–Crippen MR) is 106 cm³/mol. The minimum Gasteiger partial charge on any atom is -0.366 e. The Hall–Kier alpha value is -2.89. The molecule has 1 aliphatic heterocycles. The highest BCUT2D eigenvalue weighted by Gasteiger charge is 2.28. The predicted octanol–water partition coefficient (Wildman–Crippen LogP) is 4.00. The highest BCUT2D eigenvalue weighted by atomic mass is 16.6. The number of rotatable bonds is 5. The fourth-order valence-corrected chi connectivity index (χ4v) is 3.75. The van der Waals surface area contributed by atoms with E-state index in [1.54, 1.807) is 12.1 Å². The number of aryl methyl sites for hydroxylation is 1. The van der Waals surface area contributed by atoms with E-state index in [-0.39, 0.29) is 28.5 Å². The van der Waals surface area contributed by atoms with E-state index >= 15 is 0 Å². The summed E-state index contributed by atoms with van der Waals surface area (Å²) in [7, 11) is 0. The van der Waals surface area contributed by atoms with Crippen LogP contribution in [-0.4, -0.2) is 23.9 Å². The Kier molecular flexibility index (Phi) is 5.74. The molecular weight excluding hydrogens is 342 g/mol. The number of amides is 1. The molecule has 0 bridgehead atoms. The first-order valence-electron chi connectivity index (χ1n) is 9.31. The van der Waals surface area contributed by atoms with Crippen molar-refractivity contribution in [1.82, 2.24) is 5.32 Å². The number of para-hydroxylation sites is 2. The molecule has 0 aromatic heterocycles. The van der Waals surface area contributed by atoms with Gasteiger partial charge < -0.3 is 10.2 Å². The third-order valence-electron chi connectivity index (χ3n) is 5.30. The maximum Gasteiger partial charge on any atom is 0.292 e. The van der Waals surface area contributed by atoms with Gasteiger partial charge in [0, 0.05) is 25.1 Å². The van der Waals surface area contributed by atoms with Crippen LogP contribution in [0.25, 0.3) is 0 Å². The van der Waals surface area contributed by atoms with E-state index in [4.69, 9.17) is 0 Å². The van der Waals surface area contributed by atoms with Gasteiger partial charge in [-0.3, -0.25) is 14.9 Å². The molecule has 1 amide bonds. The summed E-state index contributed by atoms with van der Waals surface area (Å²) in [6.07, 6.45) is 1.39. The fourth-order valence-electron chi connectivity index (χ4n) is 3.75. The standard InChI is InChI=1S/C21H25N3O3/c1-15-7-3-4-8-18(15)16(2)22-21(25)17-11-13-23(14-12-17)19-9-5-6-10-20(19)24(26)27/h3-10,16-17H,11-14H2,1-2H3,(H,22,25). The lowest BCUT2D eigenvalue weighted by atomic mass is 9.94. The number of hydrogen-bond acceptors (Lipinski definition) is 4. The van der Waals surface area contributed by atoms with Crippen LogP contribution in [0.4, 0.5) is 11.4 Å². The van der Waals surface area contributed by atoms with E-state index in [0.717, 1.165) is 11.1 Å². The third kappa shape index (κ3) is 4.27. The van der Waals surface area contributed by atoms with E-state index in [1.807, 2.05) is 49.1 Å². The zero-order chi connectivity index (χ0) is 19.4. The summed E-state index contributed by atoms with van der Waals surface area (Å²) in [6.45, 7) is 5.33. The molecule has 0 spiro atoms. The average molecular weight is 367 g/mol. The Labute approximate surface area is 159 Å². The van der Waals surface area contributed by atoms with Crippen LogP contribution in [0.15, 0.2) is 48.5 Å². The topological polar surface area (TPSA) is 75.5 Å². The first-order valence-corrected chi connectivity index (χ1v) is 9.31. The van der Waals surface area contributed by atoms with E-state index < -0.39 is 0 Å². The average Bonchev–Trinajstić information content (AvgIpc) is 2.68. The van der Waals surface area contributed by atoms with Crippen LogP contribution in [-0.2, 0) is 4.79 Å². The summed E-state index contributed by atoms with van der Waals surface area (Å²) >= 11 is 0. The van der Waals surface area contributed by atoms with Crippen molar-refractivity contribution in [3.05, 3.63) is 69.8 Å². The molecular formula is C21H25N3O3. The van der Waals surface area contributed by atoms with Gasteiger partial charge in [-0.2, -0.15) is 0 Å². The summed E-state index contributed by atoms with van der Waals surface area (Å²) in [6, 6.07) is 14.8. The van der Waals surface area contributed by atoms with Crippen molar-refractivity contribution in [1.29, 1.82) is 0 Å². The minimum atomic E-state index is -0.349. The quantitative estimate of drug-likeness (QED) is 0.640. The molecule has 0 aliphatic carbocycles. The molecule has 1 fully saturated rings. The van der Waals surface area contributed by atoms with Crippen molar-refractivity contribution in [2.45, 2.75) is 32.7 Å². The van der Waals surface area contributed by atoms with Crippen molar-refractivity contribution in [3.8, 4) is 0 Å². The molecule has 6 heteroatoms. The number of nitrogens with one attached hydrogen (secondary N) is 1. The SMILES string of the molecule is Cc1ccccc1C(C)NC(=O)C1CCN(c2ccccc2[N+](=O)[O-])CC1. The van der Waals surface area contributed by atoms with Crippen LogP contribution in [0.1, 0.15) is 36.9 Å². The molecule has 1 N–H and O–H groups in total. The number of nitro benzene ring substituents is 1. The maximum absolute atomic E-state index is 12.7. The van der Waals surface area contributed by atoms with Gasteiger partial charge in [0.15, 0.2) is 0 Å². The molecule has 0 saturated carbocycles. The maximum atomic E-state index is 12.7. The summed E-state index contributed by atoms with van der Waals surface area (Å²) in [4.78, 5) is 25.6. The Morgan fingerprint density at radius 3 is 2.44 bits per heavy atom. The molecule has 142 valence electrons. The molecule has 1 atom stereocenters. The second-order valence-electron chi connectivity index (χ2n) is 7.09. The van der Waals surface area contributed by atoms with Crippen molar-refractivity contribution >= 4 is 17.3 Å². The van der Waals surface area contributed by atoms with Gasteiger partial charge in [-0.05, 0) is 43.9 Å². The van der Waals surface area contributed by atoms with Crippen molar-refractivity contribution < 1.29 is 9.72 Å². The summed E-state index contributed by atoms with van der Waals surface area (Å²) < 4.78 is 0. The van der Waals surface area contributed by atoms with Gasteiger partial charge in [-0.25, -0.2) is 0 Å². The summed E-state index contributed by atoms with van der Waals surface area (Å²) in [5, 5.41) is 14.4. The number of piperidine rings is 1. The second-order valence-corrected chi connectivity index (χ2v) is 7.09. The molecule has 2 aromatic rings. The minimum absolute atomic E-state index is 0.0352. The van der Waals surface area contributed by atoms with Crippen LogP contribution in [0.3, 0.4) is 0 Å². The van der Waals surface area contributed by atoms with Gasteiger partial charge >= 0.3 is 0 Å². The molecule has 2 aromatic carbocycles. The van der Waals surface area contributed by atoms with Gasteiger partial charge in [0.2, 0.25) is 5.91 Å². The molecule has 1 aliphatic rings. The van der Waals surface area contributed by atoms with Crippen LogP contribution in [0.2, 0.25) is 0 Å². The fraction of sp³-hybridized carbons (Fsp3) is 0.381. The van der Waals surface area contributed by atoms with Gasteiger partial charge in [-0.15, -0.1) is 0 Å². The molecule has 1 heterocycles. The highest BCUT2D eigenvalue weighted by Crippen LogP contribution is 2.31. The summed E-state index contributed by atoms with van der Waals surface area (Å²) in [5.74, 6) is 0.00320. The number of benzene rings is 2. The first kappa shape index (κ1) is 18.9. The normalized spacial score (nSPS) is 16.0. The Morgan fingerprint density at radius 1 is 1.15 bits per heavy atom. The molecule has 0 radical (unpaired) electrons. The van der Waals surface area contributed by atoms with Gasteiger partial charge in [-0.1, -0.05) is 36.4 Å². The lowest BCUT2D eigenvalue weighted by Gasteiger charge is -2.33. The number of carbonyl (C=O) groups is 1. The van der Waals surface area contributed by atoms with Crippen molar-refractivity contribution in [3.63, 3.8) is 0 Å². The van der Waals surface area contributed by atoms with Crippen LogP contribution in [0, 0.1) is 23.0 Å². The number of anilines is 1. The Balaban J connectivity index is 1.60. The lowest BCUT2D eigenvalue weighted by molar-refractivity contribution is -0.384. The number of nitrogens with zero attached hydrogens (tertiary/aromatic N) is 2.